The maximum atomic E-state index is 11.5. The van der Waals surface area contributed by atoms with Gasteiger partial charge in [0.05, 0.1) is 5.92 Å². The van der Waals surface area contributed by atoms with Crippen LogP contribution in [0.1, 0.15) is 18.9 Å². The van der Waals surface area contributed by atoms with Crippen LogP contribution >= 0.6 is 0 Å². The number of carboxylic acid groups (broad SMARTS) is 1. The maximum Gasteiger partial charge on any atom is 0.314 e. The molecule has 0 bridgehead atoms. The maximum absolute atomic E-state index is 11.5. The fourth-order valence-electron chi connectivity index (χ4n) is 2.48. The van der Waals surface area contributed by atoms with E-state index in [1.807, 2.05) is 37.3 Å². The molecule has 3 N–H and O–H groups in total. The van der Waals surface area contributed by atoms with Crippen LogP contribution in [0.5, 0.6) is 0 Å². The SMILES string of the molecule is CCNC(=O)NCC1(c2ccccc2)CC1C(=O)O. The van der Waals surface area contributed by atoms with Gasteiger partial charge in [-0.25, -0.2) is 4.79 Å². The molecule has 2 rings (SSSR count). The van der Waals surface area contributed by atoms with Gasteiger partial charge < -0.3 is 15.7 Å². The van der Waals surface area contributed by atoms with E-state index in [-0.39, 0.29) is 6.03 Å². The third kappa shape index (κ3) is 2.70. The van der Waals surface area contributed by atoms with Crippen LogP contribution in [0.15, 0.2) is 30.3 Å². The Morgan fingerprint density at radius 3 is 2.53 bits per heavy atom. The smallest absolute Gasteiger partial charge is 0.314 e. The highest BCUT2D eigenvalue weighted by molar-refractivity contribution is 5.78. The number of hydrogen-bond donors (Lipinski definition) is 3. The van der Waals surface area contributed by atoms with Crippen molar-refractivity contribution in [2.24, 2.45) is 5.92 Å². The van der Waals surface area contributed by atoms with Crippen molar-refractivity contribution in [1.82, 2.24) is 10.6 Å². The van der Waals surface area contributed by atoms with Gasteiger partial charge in [-0.05, 0) is 18.9 Å². The van der Waals surface area contributed by atoms with Crippen molar-refractivity contribution in [3.05, 3.63) is 35.9 Å². The molecular weight excluding hydrogens is 244 g/mol. The summed E-state index contributed by atoms with van der Waals surface area (Å²) in [5.74, 6) is -1.22. The summed E-state index contributed by atoms with van der Waals surface area (Å²) in [6.45, 7) is 2.73. The summed E-state index contributed by atoms with van der Waals surface area (Å²) >= 11 is 0. The molecular formula is C14H18N2O3. The van der Waals surface area contributed by atoms with Gasteiger partial charge in [0.2, 0.25) is 0 Å². The monoisotopic (exact) mass is 262 g/mol. The van der Waals surface area contributed by atoms with Crippen LogP contribution in [0.25, 0.3) is 0 Å². The van der Waals surface area contributed by atoms with Gasteiger partial charge >= 0.3 is 12.0 Å². The Labute approximate surface area is 112 Å². The molecule has 2 atom stereocenters. The molecule has 0 radical (unpaired) electrons. The largest absolute Gasteiger partial charge is 0.481 e. The summed E-state index contributed by atoms with van der Waals surface area (Å²) in [4.78, 5) is 22.6. The average Bonchev–Trinajstić information content (AvgIpc) is 3.14. The summed E-state index contributed by atoms with van der Waals surface area (Å²) in [6.07, 6.45) is 0.568. The number of urea groups is 1. The van der Waals surface area contributed by atoms with Crippen LogP contribution in [-0.2, 0) is 10.2 Å². The topological polar surface area (TPSA) is 78.4 Å². The number of carbonyl (C=O) groups is 2. The molecule has 2 unspecified atom stereocenters. The van der Waals surface area contributed by atoms with Gasteiger partial charge in [0.1, 0.15) is 0 Å². The molecule has 0 saturated heterocycles. The lowest BCUT2D eigenvalue weighted by Crippen LogP contribution is -2.40. The molecule has 1 aliphatic rings. The molecule has 1 aromatic carbocycles. The molecule has 5 nitrogen and oxygen atoms in total. The number of rotatable bonds is 5. The summed E-state index contributed by atoms with van der Waals surface area (Å²) in [5.41, 5.74) is 0.511. The minimum atomic E-state index is -0.804. The number of benzene rings is 1. The van der Waals surface area contributed by atoms with Crippen molar-refractivity contribution in [2.75, 3.05) is 13.1 Å². The molecule has 0 aromatic heterocycles. The summed E-state index contributed by atoms with van der Waals surface area (Å²) < 4.78 is 0. The van der Waals surface area contributed by atoms with Gasteiger partial charge in [-0.3, -0.25) is 4.79 Å². The first-order valence-corrected chi connectivity index (χ1v) is 6.40. The quantitative estimate of drug-likeness (QED) is 0.749. The second-order valence-electron chi connectivity index (χ2n) is 4.83. The van der Waals surface area contributed by atoms with Crippen LogP contribution in [0.4, 0.5) is 4.79 Å². The summed E-state index contributed by atoms with van der Waals surface area (Å²) in [7, 11) is 0. The van der Waals surface area contributed by atoms with E-state index in [1.165, 1.54) is 0 Å². The molecule has 102 valence electrons. The number of carbonyl (C=O) groups excluding carboxylic acids is 1. The van der Waals surface area contributed by atoms with E-state index in [0.717, 1.165) is 5.56 Å². The zero-order valence-corrected chi connectivity index (χ0v) is 10.8. The number of hydrogen-bond acceptors (Lipinski definition) is 2. The van der Waals surface area contributed by atoms with E-state index in [0.29, 0.717) is 19.5 Å². The van der Waals surface area contributed by atoms with Crippen LogP contribution in [-0.4, -0.2) is 30.2 Å². The van der Waals surface area contributed by atoms with Gasteiger partial charge in [-0.1, -0.05) is 30.3 Å². The number of carboxylic acids is 1. The zero-order chi connectivity index (χ0) is 13.9. The second-order valence-corrected chi connectivity index (χ2v) is 4.83. The molecule has 1 aliphatic carbocycles. The molecule has 1 saturated carbocycles. The van der Waals surface area contributed by atoms with Crippen molar-refractivity contribution >= 4 is 12.0 Å². The Balaban J connectivity index is 2.10. The third-order valence-corrected chi connectivity index (χ3v) is 3.62. The number of aliphatic carboxylic acids is 1. The molecule has 0 heterocycles. The van der Waals surface area contributed by atoms with Crippen LogP contribution in [0.2, 0.25) is 0 Å². The molecule has 2 amide bonds. The average molecular weight is 262 g/mol. The number of nitrogens with one attached hydrogen (secondary N) is 2. The van der Waals surface area contributed by atoms with Crippen molar-refractivity contribution in [2.45, 2.75) is 18.8 Å². The van der Waals surface area contributed by atoms with Gasteiger partial charge in [0.25, 0.3) is 0 Å². The second kappa shape index (κ2) is 5.30. The van der Waals surface area contributed by atoms with Gasteiger partial charge in [-0.15, -0.1) is 0 Å². The predicted octanol–water partition coefficient (Wildman–Crippen LogP) is 1.35. The minimum Gasteiger partial charge on any atom is -0.481 e. The standard InChI is InChI=1S/C14H18N2O3/c1-2-15-13(19)16-9-14(8-11(14)12(17)18)10-6-4-3-5-7-10/h3-7,11H,2,8-9H2,1H3,(H,17,18)(H2,15,16,19). The predicted molar refractivity (Wildman–Crippen MR) is 70.9 cm³/mol. The highest BCUT2D eigenvalue weighted by atomic mass is 16.4. The van der Waals surface area contributed by atoms with Crippen molar-refractivity contribution in [1.29, 1.82) is 0 Å². The number of amides is 2. The first kappa shape index (κ1) is 13.4. The summed E-state index contributed by atoms with van der Waals surface area (Å²) in [5, 5.41) is 14.6. The normalized spacial score (nSPS) is 24.6. The van der Waals surface area contributed by atoms with E-state index in [4.69, 9.17) is 0 Å². The Kier molecular flexibility index (Phi) is 3.74. The molecule has 19 heavy (non-hydrogen) atoms. The fraction of sp³-hybridized carbons (Fsp3) is 0.429. The first-order chi connectivity index (χ1) is 9.10. The van der Waals surface area contributed by atoms with Crippen molar-refractivity contribution < 1.29 is 14.7 Å². The van der Waals surface area contributed by atoms with Crippen molar-refractivity contribution in [3.8, 4) is 0 Å². The Bertz CT molecular complexity index is 475. The highest BCUT2D eigenvalue weighted by Gasteiger charge is 2.59. The van der Waals surface area contributed by atoms with Crippen molar-refractivity contribution in [3.63, 3.8) is 0 Å². The Morgan fingerprint density at radius 2 is 2.00 bits per heavy atom. The van der Waals surface area contributed by atoms with Crippen LogP contribution in [0, 0.1) is 5.92 Å². The van der Waals surface area contributed by atoms with E-state index in [2.05, 4.69) is 10.6 Å². The third-order valence-electron chi connectivity index (χ3n) is 3.62. The fourth-order valence-corrected chi connectivity index (χ4v) is 2.48. The highest BCUT2D eigenvalue weighted by Crippen LogP contribution is 2.53. The lowest BCUT2D eigenvalue weighted by Gasteiger charge is -2.18. The molecule has 0 spiro atoms. The lowest BCUT2D eigenvalue weighted by molar-refractivity contribution is -0.139. The van der Waals surface area contributed by atoms with E-state index < -0.39 is 17.3 Å². The van der Waals surface area contributed by atoms with Crippen LogP contribution < -0.4 is 10.6 Å². The Morgan fingerprint density at radius 1 is 1.32 bits per heavy atom. The zero-order valence-electron chi connectivity index (χ0n) is 10.8. The van der Waals surface area contributed by atoms with Gasteiger partial charge in [-0.2, -0.15) is 0 Å². The molecule has 5 heteroatoms. The van der Waals surface area contributed by atoms with E-state index >= 15 is 0 Å². The van der Waals surface area contributed by atoms with E-state index in [1.54, 1.807) is 0 Å². The summed E-state index contributed by atoms with van der Waals surface area (Å²) in [6, 6.07) is 9.26. The van der Waals surface area contributed by atoms with Crippen LogP contribution in [0.3, 0.4) is 0 Å². The van der Waals surface area contributed by atoms with Gasteiger partial charge in [0, 0.05) is 18.5 Å². The lowest BCUT2D eigenvalue weighted by atomic mass is 9.93. The van der Waals surface area contributed by atoms with Gasteiger partial charge in [0.15, 0.2) is 0 Å². The molecule has 1 aromatic rings. The Hall–Kier alpha value is -2.04. The molecule has 0 aliphatic heterocycles. The molecule has 1 fully saturated rings. The van der Waals surface area contributed by atoms with E-state index in [9.17, 15) is 14.7 Å². The minimum absolute atomic E-state index is 0.256. The first-order valence-electron chi connectivity index (χ1n) is 6.40.